The van der Waals surface area contributed by atoms with Gasteiger partial charge < -0.3 is 25.4 Å². The second-order valence-corrected chi connectivity index (χ2v) is 8.73. The van der Waals surface area contributed by atoms with E-state index in [0.29, 0.717) is 18.2 Å². The van der Waals surface area contributed by atoms with Crippen LogP contribution in [0.25, 0.3) is 22.0 Å². The lowest BCUT2D eigenvalue weighted by atomic mass is 9.97. The molecule has 3 aromatic rings. The Morgan fingerprint density at radius 1 is 0.970 bits per heavy atom. The molecule has 2 bridgehead atoms. The Morgan fingerprint density at radius 3 is 2.30 bits per heavy atom. The van der Waals surface area contributed by atoms with Crippen LogP contribution in [0.4, 0.5) is 5.69 Å². The lowest BCUT2D eigenvalue weighted by molar-refractivity contribution is -0.134. The van der Waals surface area contributed by atoms with E-state index in [-0.39, 0.29) is 0 Å². The van der Waals surface area contributed by atoms with Crippen molar-refractivity contribution in [3.63, 3.8) is 0 Å². The molecule has 0 amide bonds. The molecule has 7 nitrogen and oxygen atoms in total. The lowest BCUT2D eigenvalue weighted by Gasteiger charge is -2.37. The van der Waals surface area contributed by atoms with Gasteiger partial charge in [-0.2, -0.15) is 0 Å². The molecule has 2 saturated heterocycles. The van der Waals surface area contributed by atoms with E-state index in [1.807, 2.05) is 6.20 Å². The van der Waals surface area contributed by atoms with Gasteiger partial charge in [-0.15, -0.1) is 0 Å². The molecule has 0 aliphatic carbocycles. The first-order chi connectivity index (χ1) is 15.9. The van der Waals surface area contributed by atoms with E-state index in [0.717, 1.165) is 12.1 Å². The van der Waals surface area contributed by atoms with Crippen LogP contribution in [-0.4, -0.2) is 57.2 Å². The number of carboxylic acid groups (broad SMARTS) is 2. The molecule has 3 heterocycles. The van der Waals surface area contributed by atoms with E-state index in [4.69, 9.17) is 10.2 Å². The average Bonchev–Trinajstić information content (AvgIpc) is 3.33. The fraction of sp³-hybridized carbons (Fsp3) is 0.308. The highest BCUT2D eigenvalue weighted by Crippen LogP contribution is 2.36. The second kappa shape index (κ2) is 9.92. The van der Waals surface area contributed by atoms with Gasteiger partial charge in [0.25, 0.3) is 0 Å². The topological polar surface area (TPSA) is 106 Å². The Kier molecular flexibility index (Phi) is 6.79. The number of carbonyl (C=O) groups is 2. The number of benzene rings is 2. The molecule has 1 unspecified atom stereocenters. The third kappa shape index (κ3) is 5.62. The number of aromatic nitrogens is 1. The van der Waals surface area contributed by atoms with Crippen molar-refractivity contribution in [1.29, 1.82) is 0 Å². The molecule has 2 aromatic carbocycles. The Hall–Kier alpha value is -3.58. The number of hydrogen-bond acceptors (Lipinski definition) is 4. The third-order valence-electron chi connectivity index (χ3n) is 6.59. The van der Waals surface area contributed by atoms with Crippen molar-refractivity contribution in [3.05, 3.63) is 66.9 Å². The molecule has 0 spiro atoms. The van der Waals surface area contributed by atoms with Crippen LogP contribution in [0.3, 0.4) is 0 Å². The van der Waals surface area contributed by atoms with Gasteiger partial charge in [-0.3, -0.25) is 0 Å². The standard InChI is InChI=1S/C22H25N3.C4H4O4/c1-25-20-6-7-21(25)14-19(13-20)24-18-4-2-3-15(12-18)16-5-8-22-17(11-16)9-10-23-22;5-3(6)1-2-4(7)8/h2-5,8-12,19-21,23-24H,6-7,13-14H2,1H3;1-2H,(H,5,6)(H,7,8)/b;2-1+/t19?,20-,21+;. The number of nitrogens with one attached hydrogen (secondary N) is 2. The molecular formula is C26H29N3O4. The van der Waals surface area contributed by atoms with Crippen LogP contribution in [0.2, 0.25) is 0 Å². The van der Waals surface area contributed by atoms with Gasteiger partial charge >= 0.3 is 11.9 Å². The number of carboxylic acids is 2. The number of rotatable bonds is 5. The number of aliphatic carboxylic acids is 2. The molecule has 4 N–H and O–H groups in total. The predicted molar refractivity (Wildman–Crippen MR) is 129 cm³/mol. The summed E-state index contributed by atoms with van der Waals surface area (Å²) in [7, 11) is 2.30. The third-order valence-corrected chi connectivity index (χ3v) is 6.59. The van der Waals surface area contributed by atoms with Gasteiger partial charge in [0, 0.05) is 47.7 Å². The summed E-state index contributed by atoms with van der Waals surface area (Å²) in [6.07, 6.45) is 8.40. The van der Waals surface area contributed by atoms with Crippen LogP contribution in [0.5, 0.6) is 0 Å². The van der Waals surface area contributed by atoms with Gasteiger partial charge in [-0.25, -0.2) is 9.59 Å². The summed E-state index contributed by atoms with van der Waals surface area (Å²) in [6, 6.07) is 19.8. The van der Waals surface area contributed by atoms with E-state index in [9.17, 15) is 9.59 Å². The maximum atomic E-state index is 9.55. The first-order valence-electron chi connectivity index (χ1n) is 11.2. The number of piperidine rings is 1. The summed E-state index contributed by atoms with van der Waals surface area (Å²) >= 11 is 0. The molecule has 5 rings (SSSR count). The minimum absolute atomic E-state index is 0.558. The van der Waals surface area contributed by atoms with Gasteiger partial charge in [-0.05, 0) is 79.6 Å². The second-order valence-electron chi connectivity index (χ2n) is 8.73. The van der Waals surface area contributed by atoms with Crippen molar-refractivity contribution in [3.8, 4) is 11.1 Å². The monoisotopic (exact) mass is 447 g/mol. The Morgan fingerprint density at radius 2 is 1.64 bits per heavy atom. The number of nitrogens with zero attached hydrogens (tertiary/aromatic N) is 1. The van der Waals surface area contributed by atoms with Crippen LogP contribution in [0.1, 0.15) is 25.7 Å². The molecule has 2 aliphatic rings. The van der Waals surface area contributed by atoms with Crippen molar-refractivity contribution >= 4 is 28.5 Å². The average molecular weight is 448 g/mol. The summed E-state index contributed by atoms with van der Waals surface area (Å²) in [6.45, 7) is 0. The molecule has 2 fully saturated rings. The number of H-pyrrole nitrogens is 1. The van der Waals surface area contributed by atoms with Gasteiger partial charge in [-0.1, -0.05) is 18.2 Å². The van der Waals surface area contributed by atoms with Crippen molar-refractivity contribution in [2.75, 3.05) is 12.4 Å². The van der Waals surface area contributed by atoms with E-state index in [1.54, 1.807) is 0 Å². The number of hydrogen-bond donors (Lipinski definition) is 4. The first-order valence-corrected chi connectivity index (χ1v) is 11.2. The molecule has 33 heavy (non-hydrogen) atoms. The van der Waals surface area contributed by atoms with Gasteiger partial charge in [0.1, 0.15) is 0 Å². The van der Waals surface area contributed by atoms with Crippen molar-refractivity contribution in [2.24, 2.45) is 0 Å². The number of anilines is 1. The Labute approximate surface area is 192 Å². The molecule has 0 radical (unpaired) electrons. The molecule has 2 aliphatic heterocycles. The Balaban J connectivity index is 0.000000281. The fourth-order valence-electron chi connectivity index (χ4n) is 4.93. The maximum Gasteiger partial charge on any atom is 0.328 e. The van der Waals surface area contributed by atoms with Crippen molar-refractivity contribution in [1.82, 2.24) is 9.88 Å². The van der Waals surface area contributed by atoms with Gasteiger partial charge in [0.05, 0.1) is 0 Å². The summed E-state index contributed by atoms with van der Waals surface area (Å²) < 4.78 is 0. The highest BCUT2D eigenvalue weighted by Gasteiger charge is 2.38. The van der Waals surface area contributed by atoms with Crippen molar-refractivity contribution in [2.45, 2.75) is 43.8 Å². The number of aromatic amines is 1. The van der Waals surface area contributed by atoms with Crippen LogP contribution in [-0.2, 0) is 9.59 Å². The summed E-state index contributed by atoms with van der Waals surface area (Å²) in [5.74, 6) is -2.51. The highest BCUT2D eigenvalue weighted by molar-refractivity contribution is 5.89. The molecule has 7 heteroatoms. The Bertz CT molecular complexity index is 1140. The maximum absolute atomic E-state index is 9.55. The van der Waals surface area contributed by atoms with E-state index in [2.05, 4.69) is 70.8 Å². The SMILES string of the molecule is CN1[C@@H]2CC[C@H]1CC(Nc1cccc(-c3ccc4[nH]ccc4c3)c1)C2.O=C(O)/C=C/C(=O)O. The van der Waals surface area contributed by atoms with E-state index in [1.165, 1.54) is 53.4 Å². The largest absolute Gasteiger partial charge is 0.478 e. The quantitative estimate of drug-likeness (QED) is 0.427. The summed E-state index contributed by atoms with van der Waals surface area (Å²) in [5.41, 5.74) is 5.00. The zero-order chi connectivity index (χ0) is 23.4. The van der Waals surface area contributed by atoms with Gasteiger partial charge in [0.2, 0.25) is 0 Å². The summed E-state index contributed by atoms with van der Waals surface area (Å²) in [5, 5.41) is 20.7. The van der Waals surface area contributed by atoms with Crippen LogP contribution in [0.15, 0.2) is 66.9 Å². The molecule has 0 saturated carbocycles. The zero-order valence-corrected chi connectivity index (χ0v) is 18.6. The smallest absolute Gasteiger partial charge is 0.328 e. The molecule has 1 aromatic heterocycles. The fourth-order valence-corrected chi connectivity index (χ4v) is 4.93. The van der Waals surface area contributed by atoms with Gasteiger partial charge in [0.15, 0.2) is 0 Å². The number of fused-ring (bicyclic) bond motifs is 3. The predicted octanol–water partition coefficient (Wildman–Crippen LogP) is 4.58. The lowest BCUT2D eigenvalue weighted by Crippen LogP contribution is -2.44. The van der Waals surface area contributed by atoms with E-state index < -0.39 is 11.9 Å². The van der Waals surface area contributed by atoms with Crippen LogP contribution in [0, 0.1) is 0 Å². The minimum atomic E-state index is -1.26. The minimum Gasteiger partial charge on any atom is -0.478 e. The molecule has 3 atom stereocenters. The molecule has 172 valence electrons. The first kappa shape index (κ1) is 22.6. The normalized spacial score (nSPS) is 22.2. The van der Waals surface area contributed by atoms with Crippen LogP contribution < -0.4 is 5.32 Å². The summed E-state index contributed by atoms with van der Waals surface area (Å²) in [4.78, 5) is 25.0. The molecular weight excluding hydrogens is 418 g/mol. The van der Waals surface area contributed by atoms with Crippen molar-refractivity contribution < 1.29 is 19.8 Å². The van der Waals surface area contributed by atoms with E-state index >= 15 is 0 Å². The highest BCUT2D eigenvalue weighted by atomic mass is 16.4. The zero-order valence-electron chi connectivity index (χ0n) is 18.6. The van der Waals surface area contributed by atoms with Crippen LogP contribution >= 0.6 is 0 Å².